The van der Waals surface area contributed by atoms with Crippen LogP contribution in [0.2, 0.25) is 0 Å². The van der Waals surface area contributed by atoms with Crippen LogP contribution in [0.1, 0.15) is 12.5 Å². The molecule has 0 saturated carbocycles. The third-order valence-electron chi connectivity index (χ3n) is 3.81. The van der Waals surface area contributed by atoms with Crippen LogP contribution >= 0.6 is 11.8 Å². The van der Waals surface area contributed by atoms with E-state index in [0.29, 0.717) is 6.61 Å². The maximum Gasteiger partial charge on any atom is 0.214 e. The van der Waals surface area contributed by atoms with Crippen LogP contribution in [0.3, 0.4) is 0 Å². The van der Waals surface area contributed by atoms with E-state index in [1.54, 1.807) is 23.6 Å². The van der Waals surface area contributed by atoms with E-state index >= 15 is 0 Å². The number of hydrogen-bond acceptors (Lipinski definition) is 7. The van der Waals surface area contributed by atoms with Crippen molar-refractivity contribution in [2.24, 2.45) is 0 Å². The first-order chi connectivity index (χ1) is 13.3. The second-order valence-corrected chi connectivity index (χ2v) is 6.71. The Labute approximate surface area is 175 Å². The summed E-state index contributed by atoms with van der Waals surface area (Å²) in [5.41, 5.74) is 2.11. The fraction of sp³-hybridized carbons (Fsp3) is 0.316. The predicted octanol–water partition coefficient (Wildman–Crippen LogP) is -0.0445. The summed E-state index contributed by atoms with van der Waals surface area (Å²) in [6, 6.07) is 15.9. The molecule has 0 aliphatic heterocycles. The summed E-state index contributed by atoms with van der Waals surface area (Å²) in [7, 11) is 1.65. The van der Waals surface area contributed by atoms with Gasteiger partial charge in [0.25, 0.3) is 0 Å². The summed E-state index contributed by atoms with van der Waals surface area (Å²) < 4.78 is 12.7. The highest BCUT2D eigenvalue weighted by Crippen LogP contribution is 2.28. The number of nitrogens with one attached hydrogen (secondary N) is 1. The predicted molar refractivity (Wildman–Crippen MR) is 106 cm³/mol. The van der Waals surface area contributed by atoms with Crippen molar-refractivity contribution in [2.45, 2.75) is 18.6 Å². The van der Waals surface area contributed by atoms with Crippen molar-refractivity contribution in [3.8, 4) is 17.2 Å². The Morgan fingerprint density at radius 1 is 1.11 bits per heavy atom. The maximum absolute atomic E-state index is 5.62. The number of benzene rings is 2. The zero-order chi connectivity index (χ0) is 18.9. The normalized spacial score (nSPS) is 10.4. The zero-order valence-corrected chi connectivity index (χ0v) is 17.4. The van der Waals surface area contributed by atoms with Crippen LogP contribution in [0, 0.1) is 0 Å². The quantitative estimate of drug-likeness (QED) is 0.364. The van der Waals surface area contributed by atoms with E-state index < -0.39 is 0 Å². The summed E-state index contributed by atoms with van der Waals surface area (Å²) in [6.07, 6.45) is 0. The van der Waals surface area contributed by atoms with Crippen molar-refractivity contribution in [3.63, 3.8) is 0 Å². The minimum atomic E-state index is 0. The molecule has 7 nitrogen and oxygen atoms in total. The van der Waals surface area contributed by atoms with Gasteiger partial charge in [0.1, 0.15) is 0 Å². The lowest BCUT2D eigenvalue weighted by Gasteiger charge is -2.11. The van der Waals surface area contributed by atoms with Crippen molar-refractivity contribution in [2.75, 3.05) is 26.0 Å². The number of tetrazole rings is 1. The van der Waals surface area contributed by atoms with Gasteiger partial charge in [-0.25, -0.2) is 0 Å². The van der Waals surface area contributed by atoms with E-state index in [1.165, 1.54) is 0 Å². The monoisotopic (exact) mass is 420 g/mol. The lowest BCUT2D eigenvalue weighted by Crippen LogP contribution is -3.00. The number of ether oxygens (including phenoxy) is 2. The standard InChI is InChI=1S/C19H23N5O2S.ClH/c1-3-26-18-13-15(9-10-17(18)25-2)14-20-11-12-27-19-21-22-23-24(19)16-7-5-4-6-8-16;/h4-10,13,20H,3,11-12,14H2,1-2H3;1H/p-1. The molecule has 1 heterocycles. The second-order valence-electron chi connectivity index (χ2n) is 5.65. The molecule has 3 rings (SSSR count). The number of rotatable bonds is 10. The highest BCUT2D eigenvalue weighted by Gasteiger charge is 2.08. The first-order valence-corrected chi connectivity index (χ1v) is 9.77. The Morgan fingerprint density at radius 2 is 1.93 bits per heavy atom. The number of nitrogens with zero attached hydrogens (tertiary/aromatic N) is 4. The molecule has 0 spiro atoms. The first-order valence-electron chi connectivity index (χ1n) is 8.79. The smallest absolute Gasteiger partial charge is 0.214 e. The average Bonchev–Trinajstić information content (AvgIpc) is 3.17. The van der Waals surface area contributed by atoms with E-state index in [0.717, 1.165) is 46.7 Å². The minimum Gasteiger partial charge on any atom is -1.00 e. The molecule has 0 atom stereocenters. The largest absolute Gasteiger partial charge is 1.00 e. The molecule has 1 aromatic heterocycles. The van der Waals surface area contributed by atoms with Crippen LogP contribution in [-0.4, -0.2) is 46.2 Å². The molecule has 0 unspecified atom stereocenters. The van der Waals surface area contributed by atoms with Crippen LogP contribution < -0.4 is 27.2 Å². The van der Waals surface area contributed by atoms with Gasteiger partial charge in [-0.2, -0.15) is 4.68 Å². The number of hydrogen-bond donors (Lipinski definition) is 1. The van der Waals surface area contributed by atoms with Crippen LogP contribution in [0.25, 0.3) is 5.69 Å². The topological polar surface area (TPSA) is 74.1 Å². The fourth-order valence-corrected chi connectivity index (χ4v) is 3.33. The van der Waals surface area contributed by atoms with Crippen LogP contribution in [0.5, 0.6) is 11.5 Å². The number of thioether (sulfide) groups is 1. The first kappa shape index (κ1) is 22.0. The molecule has 0 bridgehead atoms. The summed E-state index contributed by atoms with van der Waals surface area (Å²) >= 11 is 1.62. The highest BCUT2D eigenvalue weighted by molar-refractivity contribution is 7.99. The average molecular weight is 421 g/mol. The van der Waals surface area contributed by atoms with E-state index in [-0.39, 0.29) is 12.4 Å². The van der Waals surface area contributed by atoms with E-state index in [1.807, 2.05) is 55.5 Å². The van der Waals surface area contributed by atoms with Gasteiger partial charge in [0.15, 0.2) is 11.5 Å². The third kappa shape index (κ3) is 5.85. The number of aromatic nitrogens is 4. The molecule has 1 N–H and O–H groups in total. The van der Waals surface area contributed by atoms with Crippen molar-refractivity contribution in [1.82, 2.24) is 25.5 Å². The van der Waals surface area contributed by atoms with Gasteiger partial charge < -0.3 is 27.2 Å². The lowest BCUT2D eigenvalue weighted by molar-refractivity contribution is -0.00000638. The van der Waals surface area contributed by atoms with E-state index in [4.69, 9.17) is 9.47 Å². The second kappa shape index (κ2) is 11.5. The molecule has 3 aromatic rings. The molecule has 150 valence electrons. The maximum atomic E-state index is 5.62. The van der Waals surface area contributed by atoms with Gasteiger partial charge in [-0.1, -0.05) is 36.0 Å². The number of methoxy groups -OCH3 is 1. The van der Waals surface area contributed by atoms with Gasteiger partial charge in [-0.3, -0.25) is 0 Å². The van der Waals surface area contributed by atoms with Gasteiger partial charge in [-0.05, 0) is 47.2 Å². The molecule has 0 saturated heterocycles. The van der Waals surface area contributed by atoms with Gasteiger partial charge in [0.2, 0.25) is 5.16 Å². The van der Waals surface area contributed by atoms with E-state index in [2.05, 4.69) is 20.8 Å². The van der Waals surface area contributed by atoms with Crippen molar-refractivity contribution >= 4 is 11.8 Å². The molecule has 0 amide bonds. The van der Waals surface area contributed by atoms with Gasteiger partial charge in [-0.15, -0.1) is 5.10 Å². The summed E-state index contributed by atoms with van der Waals surface area (Å²) in [5.74, 6) is 2.39. The number of halogens is 1. The Balaban J connectivity index is 0.00000280. The molecule has 28 heavy (non-hydrogen) atoms. The summed E-state index contributed by atoms with van der Waals surface area (Å²) in [6.45, 7) is 4.17. The summed E-state index contributed by atoms with van der Waals surface area (Å²) in [4.78, 5) is 0. The molecule has 0 radical (unpaired) electrons. The van der Waals surface area contributed by atoms with Crippen molar-refractivity contribution in [1.29, 1.82) is 0 Å². The minimum absolute atomic E-state index is 0. The fourth-order valence-electron chi connectivity index (χ4n) is 2.55. The van der Waals surface area contributed by atoms with E-state index in [9.17, 15) is 0 Å². The molecule has 0 aliphatic rings. The molecular weight excluding hydrogens is 398 g/mol. The van der Waals surface area contributed by atoms with Crippen LogP contribution in [-0.2, 0) is 6.54 Å². The summed E-state index contributed by atoms with van der Waals surface area (Å²) in [5, 5.41) is 16.2. The van der Waals surface area contributed by atoms with Crippen molar-refractivity contribution < 1.29 is 21.9 Å². The molecule has 0 fully saturated rings. The van der Waals surface area contributed by atoms with Crippen LogP contribution in [0.15, 0.2) is 53.7 Å². The van der Waals surface area contributed by atoms with Gasteiger partial charge >= 0.3 is 0 Å². The molecule has 2 aromatic carbocycles. The van der Waals surface area contributed by atoms with Crippen molar-refractivity contribution in [3.05, 3.63) is 54.1 Å². The molecule has 9 heteroatoms. The SMILES string of the molecule is CCOc1cc(CNCCSc2nnnn2-c2ccccc2)ccc1OC.[Cl-]. The van der Waals surface area contributed by atoms with Gasteiger partial charge in [0, 0.05) is 18.8 Å². The van der Waals surface area contributed by atoms with Crippen LogP contribution in [0.4, 0.5) is 0 Å². The molecule has 0 aliphatic carbocycles. The number of para-hydroxylation sites is 1. The Morgan fingerprint density at radius 3 is 2.68 bits per heavy atom. The Hall–Kier alpha value is -2.29. The Bertz CT molecular complexity index is 847. The Kier molecular flexibility index (Phi) is 9.06. The lowest BCUT2D eigenvalue weighted by atomic mass is 10.2. The zero-order valence-electron chi connectivity index (χ0n) is 15.8. The third-order valence-corrected chi connectivity index (χ3v) is 4.73. The highest BCUT2D eigenvalue weighted by atomic mass is 35.5. The molecular formula is C19H23ClN5O2S-. The van der Waals surface area contributed by atoms with Gasteiger partial charge in [0.05, 0.1) is 19.4 Å².